The first-order chi connectivity index (χ1) is 10.2. The van der Waals surface area contributed by atoms with Gasteiger partial charge in [-0.1, -0.05) is 37.8 Å². The average molecular weight is 300 g/mol. The van der Waals surface area contributed by atoms with E-state index in [0.29, 0.717) is 12.5 Å². The molecular formula is C18H20O2S. The Hall–Kier alpha value is -1.76. The zero-order chi connectivity index (χ0) is 15.1. The molecule has 3 heteroatoms. The molecule has 0 aliphatic heterocycles. The van der Waals surface area contributed by atoms with E-state index in [1.807, 2.05) is 23.6 Å². The van der Waals surface area contributed by atoms with Crippen molar-refractivity contribution >= 4 is 11.3 Å². The molecule has 0 aliphatic carbocycles. The highest BCUT2D eigenvalue weighted by Gasteiger charge is 2.03. The molecule has 21 heavy (non-hydrogen) atoms. The van der Waals surface area contributed by atoms with Crippen LogP contribution in [-0.4, -0.2) is 11.7 Å². The van der Waals surface area contributed by atoms with E-state index in [4.69, 9.17) is 9.84 Å². The van der Waals surface area contributed by atoms with Gasteiger partial charge in [-0.25, -0.2) is 0 Å². The molecule has 1 aromatic heterocycles. The molecule has 0 spiro atoms. The third kappa shape index (κ3) is 4.63. The van der Waals surface area contributed by atoms with Gasteiger partial charge in [-0.2, -0.15) is 0 Å². The standard InChI is InChI=1S/C18H20O2S/c1-3-14(2)16-6-8-17(9-7-16)20-12-18-11-15(13-21-18)5-4-10-19/h6-9,11,13-14,19H,3,10,12H2,1-2H3. The monoisotopic (exact) mass is 300 g/mol. The van der Waals surface area contributed by atoms with Gasteiger partial charge in [0, 0.05) is 15.8 Å². The predicted molar refractivity (Wildman–Crippen MR) is 87.8 cm³/mol. The van der Waals surface area contributed by atoms with E-state index in [1.54, 1.807) is 11.3 Å². The molecule has 1 N–H and O–H groups in total. The van der Waals surface area contributed by atoms with Crippen molar-refractivity contribution in [3.05, 3.63) is 51.7 Å². The van der Waals surface area contributed by atoms with Gasteiger partial charge in [0.15, 0.2) is 0 Å². The topological polar surface area (TPSA) is 29.5 Å². The molecule has 0 bridgehead atoms. The number of hydrogen-bond acceptors (Lipinski definition) is 3. The predicted octanol–water partition coefficient (Wildman–Crippen LogP) is 4.18. The maximum absolute atomic E-state index is 8.67. The second-order valence-electron chi connectivity index (χ2n) is 4.93. The van der Waals surface area contributed by atoms with Crippen molar-refractivity contribution in [3.8, 4) is 17.6 Å². The molecule has 0 saturated heterocycles. The molecule has 0 saturated carbocycles. The van der Waals surface area contributed by atoms with E-state index in [-0.39, 0.29) is 6.61 Å². The van der Waals surface area contributed by atoms with E-state index in [9.17, 15) is 0 Å². The maximum Gasteiger partial charge on any atom is 0.122 e. The van der Waals surface area contributed by atoms with Crippen molar-refractivity contribution in [2.24, 2.45) is 0 Å². The first-order valence-corrected chi connectivity index (χ1v) is 8.00. The van der Waals surface area contributed by atoms with Gasteiger partial charge in [-0.15, -0.1) is 11.3 Å². The number of hydrogen-bond donors (Lipinski definition) is 1. The van der Waals surface area contributed by atoms with Crippen LogP contribution < -0.4 is 4.74 Å². The summed E-state index contributed by atoms with van der Waals surface area (Å²) in [6.07, 6.45) is 1.15. The number of rotatable bonds is 5. The van der Waals surface area contributed by atoms with Gasteiger partial charge >= 0.3 is 0 Å². The SMILES string of the molecule is CCC(C)c1ccc(OCc2cc(C#CCO)cs2)cc1. The van der Waals surface area contributed by atoms with E-state index in [1.165, 1.54) is 5.56 Å². The molecule has 0 radical (unpaired) electrons. The van der Waals surface area contributed by atoms with Crippen molar-refractivity contribution in [1.82, 2.24) is 0 Å². The van der Waals surface area contributed by atoms with Crippen LogP contribution in [-0.2, 0) is 6.61 Å². The van der Waals surface area contributed by atoms with E-state index >= 15 is 0 Å². The molecule has 110 valence electrons. The Morgan fingerprint density at radius 2 is 2.05 bits per heavy atom. The van der Waals surface area contributed by atoms with Gasteiger partial charge in [-0.05, 0) is 36.1 Å². The summed E-state index contributed by atoms with van der Waals surface area (Å²) < 4.78 is 5.79. The minimum Gasteiger partial charge on any atom is -0.488 e. The summed E-state index contributed by atoms with van der Waals surface area (Å²) in [6, 6.07) is 10.3. The smallest absolute Gasteiger partial charge is 0.122 e. The lowest BCUT2D eigenvalue weighted by Gasteiger charge is -2.10. The van der Waals surface area contributed by atoms with Crippen molar-refractivity contribution in [2.45, 2.75) is 32.8 Å². The van der Waals surface area contributed by atoms with Gasteiger partial charge in [0.25, 0.3) is 0 Å². The summed E-state index contributed by atoms with van der Waals surface area (Å²) in [6.45, 7) is 4.87. The summed E-state index contributed by atoms with van der Waals surface area (Å²) >= 11 is 1.62. The Labute approximate surface area is 130 Å². The van der Waals surface area contributed by atoms with Crippen LogP contribution in [0.3, 0.4) is 0 Å². The Kier molecular flexibility index (Phi) is 5.86. The van der Waals surface area contributed by atoms with Crippen LogP contribution in [0.1, 0.15) is 42.2 Å². The van der Waals surface area contributed by atoms with Crippen LogP contribution >= 0.6 is 11.3 Å². The van der Waals surface area contributed by atoms with Crippen LogP contribution in [0.5, 0.6) is 5.75 Å². The highest BCUT2D eigenvalue weighted by Crippen LogP contribution is 2.23. The van der Waals surface area contributed by atoms with Crippen molar-refractivity contribution < 1.29 is 9.84 Å². The summed E-state index contributed by atoms with van der Waals surface area (Å²) in [4.78, 5) is 1.13. The Morgan fingerprint density at radius 1 is 1.29 bits per heavy atom. The summed E-state index contributed by atoms with van der Waals surface area (Å²) in [5, 5.41) is 10.7. The zero-order valence-electron chi connectivity index (χ0n) is 12.4. The molecular weight excluding hydrogens is 280 g/mol. The summed E-state index contributed by atoms with van der Waals surface area (Å²) in [5.41, 5.74) is 2.28. The van der Waals surface area contributed by atoms with Crippen LogP contribution in [0, 0.1) is 11.8 Å². The molecule has 0 amide bonds. The van der Waals surface area contributed by atoms with Crippen LogP contribution in [0.4, 0.5) is 0 Å². The maximum atomic E-state index is 8.67. The Morgan fingerprint density at radius 3 is 2.71 bits per heavy atom. The molecule has 1 heterocycles. The van der Waals surface area contributed by atoms with Crippen molar-refractivity contribution in [2.75, 3.05) is 6.61 Å². The molecule has 2 nitrogen and oxygen atoms in total. The number of aliphatic hydroxyl groups is 1. The van der Waals surface area contributed by atoms with Gasteiger partial charge in [-0.3, -0.25) is 0 Å². The molecule has 1 atom stereocenters. The van der Waals surface area contributed by atoms with Gasteiger partial charge in [0.05, 0.1) is 0 Å². The van der Waals surface area contributed by atoms with Crippen LogP contribution in [0.25, 0.3) is 0 Å². The number of ether oxygens (including phenoxy) is 1. The van der Waals surface area contributed by atoms with E-state index in [0.717, 1.165) is 22.6 Å². The van der Waals surface area contributed by atoms with Crippen molar-refractivity contribution in [1.29, 1.82) is 0 Å². The highest BCUT2D eigenvalue weighted by atomic mass is 32.1. The summed E-state index contributed by atoms with van der Waals surface area (Å²) in [7, 11) is 0. The fraction of sp³-hybridized carbons (Fsp3) is 0.333. The van der Waals surface area contributed by atoms with Crippen molar-refractivity contribution in [3.63, 3.8) is 0 Å². The first-order valence-electron chi connectivity index (χ1n) is 7.12. The minimum atomic E-state index is -0.107. The lowest BCUT2D eigenvalue weighted by molar-refractivity contribution is 0.309. The fourth-order valence-electron chi connectivity index (χ4n) is 1.95. The second kappa shape index (κ2) is 7.87. The Bertz CT molecular complexity index is 617. The summed E-state index contributed by atoms with van der Waals surface area (Å²) in [5.74, 6) is 7.01. The number of aliphatic hydroxyl groups excluding tert-OH is 1. The largest absolute Gasteiger partial charge is 0.488 e. The lowest BCUT2D eigenvalue weighted by Crippen LogP contribution is -1.94. The van der Waals surface area contributed by atoms with Gasteiger partial charge in [0.1, 0.15) is 19.0 Å². The number of thiophene rings is 1. The molecule has 1 aromatic carbocycles. The number of benzene rings is 1. The minimum absolute atomic E-state index is 0.107. The fourth-order valence-corrected chi connectivity index (χ4v) is 2.67. The second-order valence-corrected chi connectivity index (χ2v) is 5.92. The average Bonchev–Trinajstić information content (AvgIpc) is 2.98. The molecule has 1 unspecified atom stereocenters. The quantitative estimate of drug-likeness (QED) is 0.839. The first kappa shape index (κ1) is 15.6. The zero-order valence-corrected chi connectivity index (χ0v) is 13.2. The van der Waals surface area contributed by atoms with Gasteiger partial charge < -0.3 is 9.84 Å². The molecule has 0 aliphatic rings. The third-order valence-corrected chi connectivity index (χ3v) is 4.32. The Balaban J connectivity index is 1.92. The normalized spacial score (nSPS) is 11.6. The van der Waals surface area contributed by atoms with E-state index in [2.05, 4.69) is 37.8 Å². The van der Waals surface area contributed by atoms with E-state index < -0.39 is 0 Å². The van der Waals surface area contributed by atoms with Crippen LogP contribution in [0.2, 0.25) is 0 Å². The van der Waals surface area contributed by atoms with Gasteiger partial charge in [0.2, 0.25) is 0 Å². The molecule has 2 rings (SSSR count). The third-order valence-electron chi connectivity index (χ3n) is 3.41. The van der Waals surface area contributed by atoms with Crippen LogP contribution in [0.15, 0.2) is 35.7 Å². The molecule has 2 aromatic rings. The molecule has 0 fully saturated rings. The lowest BCUT2D eigenvalue weighted by atomic mass is 9.99. The highest BCUT2D eigenvalue weighted by molar-refractivity contribution is 7.10.